The van der Waals surface area contributed by atoms with Crippen LogP contribution in [0.2, 0.25) is 0 Å². The first-order chi connectivity index (χ1) is 8.24. The van der Waals surface area contributed by atoms with Crippen molar-refractivity contribution in [3.8, 4) is 0 Å². The molecule has 0 fully saturated rings. The van der Waals surface area contributed by atoms with Crippen molar-refractivity contribution < 1.29 is 10.2 Å². The van der Waals surface area contributed by atoms with Crippen LogP contribution in [0.1, 0.15) is 11.1 Å². The third-order valence-corrected chi connectivity index (χ3v) is 3.31. The van der Waals surface area contributed by atoms with Gasteiger partial charge in [0, 0.05) is 25.8 Å². The number of nitrogens with one attached hydrogen (secondary N) is 1. The Labute approximate surface area is 102 Å². The summed E-state index contributed by atoms with van der Waals surface area (Å²) in [7, 11) is 2.11. The lowest BCUT2D eigenvalue weighted by atomic mass is 10.1. The highest BCUT2D eigenvalue weighted by Gasteiger charge is 2.15. The molecule has 0 spiro atoms. The van der Waals surface area contributed by atoms with E-state index in [4.69, 9.17) is 10.2 Å². The van der Waals surface area contributed by atoms with Crippen LogP contribution < -0.4 is 10.2 Å². The standard InChI is InChI=1S/C13H20N2O2/c1-15-5-4-11-6-10(2-3-13(11)15)7-14-12(8-16)9-17/h2-3,6,12,14,16-17H,4-5,7-9H2,1H3. The predicted octanol–water partition coefficient (Wildman–Crippen LogP) is 0.122. The molecule has 0 saturated carbocycles. The van der Waals surface area contributed by atoms with E-state index in [9.17, 15) is 0 Å². The number of hydrogen-bond donors (Lipinski definition) is 3. The molecular weight excluding hydrogens is 216 g/mol. The monoisotopic (exact) mass is 236 g/mol. The maximum absolute atomic E-state index is 8.96. The molecular formula is C13H20N2O2. The topological polar surface area (TPSA) is 55.7 Å². The van der Waals surface area contributed by atoms with Crippen LogP contribution in [-0.4, -0.2) is 43.1 Å². The zero-order chi connectivity index (χ0) is 12.3. The first-order valence-corrected chi connectivity index (χ1v) is 6.02. The number of likely N-dealkylation sites (N-methyl/N-ethyl adjacent to an activating group) is 1. The molecule has 0 saturated heterocycles. The highest BCUT2D eigenvalue weighted by atomic mass is 16.3. The molecule has 0 unspecified atom stereocenters. The second-order valence-corrected chi connectivity index (χ2v) is 4.58. The molecule has 1 aromatic carbocycles. The van der Waals surface area contributed by atoms with Gasteiger partial charge in [-0.15, -0.1) is 0 Å². The Bertz CT molecular complexity index is 378. The second-order valence-electron chi connectivity index (χ2n) is 4.58. The fourth-order valence-corrected chi connectivity index (χ4v) is 2.18. The Balaban J connectivity index is 1.99. The van der Waals surface area contributed by atoms with Crippen molar-refractivity contribution in [2.75, 3.05) is 31.7 Å². The number of aliphatic hydroxyl groups is 2. The van der Waals surface area contributed by atoms with Crippen LogP contribution in [0.3, 0.4) is 0 Å². The summed E-state index contributed by atoms with van der Waals surface area (Å²) in [6.07, 6.45) is 1.10. The van der Waals surface area contributed by atoms with Crippen molar-refractivity contribution in [2.45, 2.75) is 19.0 Å². The van der Waals surface area contributed by atoms with Gasteiger partial charge in [-0.3, -0.25) is 0 Å². The molecule has 1 aliphatic heterocycles. The van der Waals surface area contributed by atoms with Gasteiger partial charge >= 0.3 is 0 Å². The summed E-state index contributed by atoms with van der Waals surface area (Å²) in [6, 6.07) is 6.22. The van der Waals surface area contributed by atoms with E-state index in [1.54, 1.807) is 0 Å². The number of benzene rings is 1. The van der Waals surface area contributed by atoms with Crippen molar-refractivity contribution in [1.82, 2.24) is 5.32 Å². The first kappa shape index (κ1) is 12.4. The molecule has 17 heavy (non-hydrogen) atoms. The molecule has 0 aromatic heterocycles. The second kappa shape index (κ2) is 5.49. The van der Waals surface area contributed by atoms with Gasteiger partial charge in [-0.25, -0.2) is 0 Å². The summed E-state index contributed by atoms with van der Waals surface area (Å²) in [5.74, 6) is 0. The number of nitrogens with zero attached hydrogens (tertiary/aromatic N) is 1. The van der Waals surface area contributed by atoms with Crippen molar-refractivity contribution >= 4 is 5.69 Å². The molecule has 94 valence electrons. The van der Waals surface area contributed by atoms with Crippen molar-refractivity contribution in [1.29, 1.82) is 0 Å². The van der Waals surface area contributed by atoms with E-state index < -0.39 is 0 Å². The highest BCUT2D eigenvalue weighted by Crippen LogP contribution is 2.27. The quantitative estimate of drug-likeness (QED) is 0.680. The highest BCUT2D eigenvalue weighted by molar-refractivity contribution is 5.58. The lowest BCUT2D eigenvalue weighted by Gasteiger charge is -2.15. The third-order valence-electron chi connectivity index (χ3n) is 3.31. The zero-order valence-electron chi connectivity index (χ0n) is 10.2. The van der Waals surface area contributed by atoms with Gasteiger partial charge in [0.2, 0.25) is 0 Å². The minimum absolute atomic E-state index is 0.0375. The number of aliphatic hydroxyl groups excluding tert-OH is 2. The van der Waals surface area contributed by atoms with E-state index in [-0.39, 0.29) is 19.3 Å². The summed E-state index contributed by atoms with van der Waals surface area (Å²) in [4.78, 5) is 2.26. The van der Waals surface area contributed by atoms with Gasteiger partial charge in [0.15, 0.2) is 0 Å². The Kier molecular flexibility index (Phi) is 3.99. The lowest BCUT2D eigenvalue weighted by Crippen LogP contribution is -2.35. The van der Waals surface area contributed by atoms with Crippen LogP contribution in [0, 0.1) is 0 Å². The minimum atomic E-state index is -0.231. The predicted molar refractivity (Wildman–Crippen MR) is 68.2 cm³/mol. The average Bonchev–Trinajstić information content (AvgIpc) is 2.72. The molecule has 2 rings (SSSR count). The summed E-state index contributed by atoms with van der Waals surface area (Å²) in [6.45, 7) is 1.69. The third kappa shape index (κ3) is 2.77. The van der Waals surface area contributed by atoms with E-state index >= 15 is 0 Å². The molecule has 0 atom stereocenters. The first-order valence-electron chi connectivity index (χ1n) is 6.02. The molecule has 4 heteroatoms. The van der Waals surface area contributed by atoms with Crippen molar-refractivity contribution in [2.24, 2.45) is 0 Å². The van der Waals surface area contributed by atoms with Crippen LogP contribution >= 0.6 is 0 Å². The zero-order valence-corrected chi connectivity index (χ0v) is 10.2. The number of anilines is 1. The van der Waals surface area contributed by atoms with Crippen LogP contribution in [0.5, 0.6) is 0 Å². The van der Waals surface area contributed by atoms with E-state index in [0.717, 1.165) is 13.0 Å². The molecule has 0 amide bonds. The van der Waals surface area contributed by atoms with Gasteiger partial charge in [-0.1, -0.05) is 12.1 Å². The average molecular weight is 236 g/mol. The van der Waals surface area contributed by atoms with Crippen molar-refractivity contribution in [3.63, 3.8) is 0 Å². The number of hydrogen-bond acceptors (Lipinski definition) is 4. The van der Waals surface area contributed by atoms with E-state index in [1.807, 2.05) is 0 Å². The summed E-state index contributed by atoms with van der Waals surface area (Å²) in [5.41, 5.74) is 3.90. The van der Waals surface area contributed by atoms with Gasteiger partial charge in [0.25, 0.3) is 0 Å². The van der Waals surface area contributed by atoms with E-state index in [1.165, 1.54) is 16.8 Å². The SMILES string of the molecule is CN1CCc2cc(CNC(CO)CO)ccc21. The van der Waals surface area contributed by atoms with Crippen molar-refractivity contribution in [3.05, 3.63) is 29.3 Å². The van der Waals surface area contributed by atoms with Gasteiger partial charge < -0.3 is 20.4 Å². The molecule has 0 aliphatic carbocycles. The van der Waals surface area contributed by atoms with Crippen LogP contribution in [0.15, 0.2) is 18.2 Å². The molecule has 4 nitrogen and oxygen atoms in total. The van der Waals surface area contributed by atoms with Gasteiger partial charge in [0.05, 0.1) is 19.3 Å². The Hall–Kier alpha value is -1.10. The van der Waals surface area contributed by atoms with E-state index in [2.05, 4.69) is 35.5 Å². The summed E-state index contributed by atoms with van der Waals surface area (Å²) < 4.78 is 0. The molecule has 0 bridgehead atoms. The summed E-state index contributed by atoms with van der Waals surface area (Å²) >= 11 is 0. The fraction of sp³-hybridized carbons (Fsp3) is 0.538. The smallest absolute Gasteiger partial charge is 0.0607 e. The van der Waals surface area contributed by atoms with Crippen LogP contribution in [0.25, 0.3) is 0 Å². The maximum atomic E-state index is 8.96. The summed E-state index contributed by atoms with van der Waals surface area (Å²) in [5, 5.41) is 21.1. The van der Waals surface area contributed by atoms with Crippen LogP contribution in [0.4, 0.5) is 5.69 Å². The molecule has 3 N–H and O–H groups in total. The Morgan fingerprint density at radius 1 is 1.35 bits per heavy atom. The van der Waals surface area contributed by atoms with Gasteiger partial charge in [-0.05, 0) is 23.6 Å². The molecule has 1 aliphatic rings. The normalized spacial score (nSPS) is 14.5. The Morgan fingerprint density at radius 2 is 2.12 bits per heavy atom. The number of fused-ring (bicyclic) bond motifs is 1. The fourth-order valence-electron chi connectivity index (χ4n) is 2.18. The van der Waals surface area contributed by atoms with E-state index in [0.29, 0.717) is 6.54 Å². The van der Waals surface area contributed by atoms with Gasteiger partial charge in [-0.2, -0.15) is 0 Å². The largest absolute Gasteiger partial charge is 0.395 e. The lowest BCUT2D eigenvalue weighted by molar-refractivity contribution is 0.170. The number of rotatable bonds is 5. The van der Waals surface area contributed by atoms with Gasteiger partial charge in [0.1, 0.15) is 0 Å². The maximum Gasteiger partial charge on any atom is 0.0607 e. The van der Waals surface area contributed by atoms with Crippen LogP contribution in [-0.2, 0) is 13.0 Å². The minimum Gasteiger partial charge on any atom is -0.395 e. The molecule has 1 aromatic rings. The molecule has 0 radical (unpaired) electrons. The Morgan fingerprint density at radius 3 is 2.82 bits per heavy atom. The molecule has 1 heterocycles.